The van der Waals surface area contributed by atoms with Gasteiger partial charge in [-0.05, 0) is 23.8 Å². The van der Waals surface area contributed by atoms with Gasteiger partial charge in [0.05, 0.1) is 23.1 Å². The van der Waals surface area contributed by atoms with Gasteiger partial charge in [-0.15, -0.1) is 0 Å². The first kappa shape index (κ1) is 17.2. The predicted molar refractivity (Wildman–Crippen MR) is 100 cm³/mol. The Kier molecular flexibility index (Phi) is 5.48. The number of aromatic nitrogens is 2. The Morgan fingerprint density at radius 1 is 1.00 bits per heavy atom. The van der Waals surface area contributed by atoms with E-state index in [2.05, 4.69) is 20.6 Å². The molecule has 2 aromatic carbocycles. The van der Waals surface area contributed by atoms with Crippen LogP contribution in [0.15, 0.2) is 60.9 Å². The van der Waals surface area contributed by atoms with E-state index in [-0.39, 0.29) is 5.69 Å². The van der Waals surface area contributed by atoms with Gasteiger partial charge in [-0.2, -0.15) is 0 Å². The Hall–Kier alpha value is -2.63. The fourth-order valence-electron chi connectivity index (χ4n) is 2.10. The molecule has 5 nitrogen and oxygen atoms in total. The van der Waals surface area contributed by atoms with Crippen LogP contribution in [0.3, 0.4) is 0 Å². The Balaban J connectivity index is 1.63. The van der Waals surface area contributed by atoms with Crippen LogP contribution in [0.2, 0.25) is 10.0 Å². The molecule has 0 spiro atoms. The molecule has 3 rings (SSSR count). The summed E-state index contributed by atoms with van der Waals surface area (Å²) in [6.07, 6.45) is 2.92. The lowest BCUT2D eigenvalue weighted by Gasteiger charge is -2.08. The molecule has 0 aliphatic carbocycles. The third kappa shape index (κ3) is 4.68. The fourth-order valence-corrected chi connectivity index (χ4v) is 2.44. The van der Waals surface area contributed by atoms with Gasteiger partial charge in [0.15, 0.2) is 0 Å². The number of halogens is 2. The summed E-state index contributed by atoms with van der Waals surface area (Å²) in [5.74, 6) is 0.174. The van der Waals surface area contributed by atoms with Crippen molar-refractivity contribution in [3.63, 3.8) is 0 Å². The number of amides is 1. The largest absolute Gasteiger partial charge is 0.365 e. The number of carbonyl (C=O) groups excluding carboxylic acids is 1. The summed E-state index contributed by atoms with van der Waals surface area (Å²) in [7, 11) is 0. The van der Waals surface area contributed by atoms with E-state index in [4.69, 9.17) is 23.2 Å². The van der Waals surface area contributed by atoms with Gasteiger partial charge in [0, 0.05) is 11.6 Å². The highest BCUT2D eigenvalue weighted by Crippen LogP contribution is 2.25. The first-order chi connectivity index (χ1) is 12.1. The Labute approximate surface area is 155 Å². The molecule has 7 heteroatoms. The molecular weight excluding hydrogens is 359 g/mol. The van der Waals surface area contributed by atoms with Gasteiger partial charge in [-0.1, -0.05) is 53.5 Å². The maximum Gasteiger partial charge on any atom is 0.275 e. The smallest absolute Gasteiger partial charge is 0.275 e. The van der Waals surface area contributed by atoms with Crippen LogP contribution in [0, 0.1) is 0 Å². The maximum absolute atomic E-state index is 12.2. The summed E-state index contributed by atoms with van der Waals surface area (Å²) < 4.78 is 0. The average Bonchev–Trinajstić information content (AvgIpc) is 2.64. The molecule has 0 radical (unpaired) electrons. The maximum atomic E-state index is 12.2. The first-order valence-electron chi connectivity index (χ1n) is 7.48. The fraction of sp³-hybridized carbons (Fsp3) is 0.0556. The van der Waals surface area contributed by atoms with Crippen molar-refractivity contribution in [3.05, 3.63) is 82.2 Å². The molecule has 0 aliphatic rings. The molecule has 0 saturated carbocycles. The number of carbonyl (C=O) groups is 1. The zero-order valence-electron chi connectivity index (χ0n) is 13.0. The summed E-state index contributed by atoms with van der Waals surface area (Å²) in [5.41, 5.74) is 1.73. The van der Waals surface area contributed by atoms with Crippen LogP contribution < -0.4 is 10.6 Å². The lowest BCUT2D eigenvalue weighted by Crippen LogP contribution is -2.14. The van der Waals surface area contributed by atoms with Gasteiger partial charge >= 0.3 is 0 Å². The normalized spacial score (nSPS) is 10.3. The van der Waals surface area contributed by atoms with Crippen LogP contribution in [0.25, 0.3) is 0 Å². The molecule has 126 valence electrons. The molecule has 3 aromatic rings. The van der Waals surface area contributed by atoms with E-state index in [1.807, 2.05) is 30.3 Å². The second kappa shape index (κ2) is 7.96. The summed E-state index contributed by atoms with van der Waals surface area (Å²) in [5, 5.41) is 6.69. The zero-order valence-corrected chi connectivity index (χ0v) is 14.6. The number of nitrogens with zero attached hydrogens (tertiary/aromatic N) is 2. The van der Waals surface area contributed by atoms with Crippen LogP contribution in [0.5, 0.6) is 0 Å². The van der Waals surface area contributed by atoms with Crippen molar-refractivity contribution in [2.45, 2.75) is 6.54 Å². The van der Waals surface area contributed by atoms with Crippen molar-refractivity contribution >= 4 is 40.6 Å². The van der Waals surface area contributed by atoms with E-state index in [0.29, 0.717) is 28.1 Å². The predicted octanol–water partition coefficient (Wildman–Crippen LogP) is 4.65. The highest BCUT2D eigenvalue weighted by atomic mass is 35.5. The molecule has 0 bridgehead atoms. The molecule has 1 heterocycles. The minimum Gasteiger partial charge on any atom is -0.365 e. The van der Waals surface area contributed by atoms with Gasteiger partial charge in [0.1, 0.15) is 11.5 Å². The van der Waals surface area contributed by atoms with Gasteiger partial charge in [0.25, 0.3) is 5.91 Å². The molecule has 25 heavy (non-hydrogen) atoms. The third-order valence-electron chi connectivity index (χ3n) is 3.38. The molecule has 0 fully saturated rings. The van der Waals surface area contributed by atoms with E-state index >= 15 is 0 Å². The van der Waals surface area contributed by atoms with E-state index in [9.17, 15) is 4.79 Å². The Morgan fingerprint density at radius 3 is 2.52 bits per heavy atom. The van der Waals surface area contributed by atoms with Crippen LogP contribution in [-0.4, -0.2) is 15.9 Å². The second-order valence-electron chi connectivity index (χ2n) is 5.20. The monoisotopic (exact) mass is 372 g/mol. The van der Waals surface area contributed by atoms with Crippen molar-refractivity contribution in [1.29, 1.82) is 0 Å². The van der Waals surface area contributed by atoms with Crippen LogP contribution >= 0.6 is 23.2 Å². The lowest BCUT2D eigenvalue weighted by atomic mass is 10.2. The minimum absolute atomic E-state index is 0.182. The van der Waals surface area contributed by atoms with Crippen molar-refractivity contribution in [2.24, 2.45) is 0 Å². The average molecular weight is 373 g/mol. The molecule has 1 aromatic heterocycles. The van der Waals surface area contributed by atoms with Gasteiger partial charge in [-0.25, -0.2) is 9.97 Å². The number of nitrogens with one attached hydrogen (secondary N) is 2. The molecule has 0 atom stereocenters. The molecule has 0 saturated heterocycles. The number of benzene rings is 2. The number of rotatable bonds is 5. The van der Waals surface area contributed by atoms with Crippen molar-refractivity contribution in [3.8, 4) is 0 Å². The zero-order chi connectivity index (χ0) is 17.6. The third-order valence-corrected chi connectivity index (χ3v) is 3.94. The summed E-state index contributed by atoms with van der Waals surface area (Å²) in [6.45, 7) is 0.624. The van der Waals surface area contributed by atoms with Crippen molar-refractivity contribution in [2.75, 3.05) is 10.6 Å². The van der Waals surface area contributed by atoms with Gasteiger partial charge in [0.2, 0.25) is 0 Å². The van der Waals surface area contributed by atoms with Crippen LogP contribution in [0.4, 0.5) is 11.5 Å². The molecule has 0 unspecified atom stereocenters. The SMILES string of the molecule is O=C(Nc1cc(Cl)ccc1Cl)c1cnc(NCc2ccccc2)cn1. The molecular formula is C18H14Cl2N4O. The highest BCUT2D eigenvalue weighted by molar-refractivity contribution is 6.35. The van der Waals surface area contributed by atoms with Crippen LogP contribution in [-0.2, 0) is 6.54 Å². The topological polar surface area (TPSA) is 66.9 Å². The summed E-state index contributed by atoms with van der Waals surface area (Å²) in [6, 6.07) is 14.8. The van der Waals surface area contributed by atoms with Crippen LogP contribution in [0.1, 0.15) is 16.1 Å². The first-order valence-corrected chi connectivity index (χ1v) is 8.23. The van der Waals surface area contributed by atoms with E-state index < -0.39 is 5.91 Å². The number of anilines is 2. The Bertz CT molecular complexity index is 870. The summed E-state index contributed by atoms with van der Waals surface area (Å²) >= 11 is 11.9. The lowest BCUT2D eigenvalue weighted by molar-refractivity contribution is 0.102. The minimum atomic E-state index is -0.411. The quantitative estimate of drug-likeness (QED) is 0.683. The Morgan fingerprint density at radius 2 is 1.80 bits per heavy atom. The standard InChI is InChI=1S/C18H14Cl2N4O/c19-13-6-7-14(20)15(8-13)24-18(25)16-10-23-17(11-21-16)22-9-12-4-2-1-3-5-12/h1-8,10-11H,9H2,(H,22,23)(H,24,25). The molecule has 1 amide bonds. The highest BCUT2D eigenvalue weighted by Gasteiger charge is 2.11. The molecule has 2 N–H and O–H groups in total. The van der Waals surface area contributed by atoms with Gasteiger partial charge in [-0.3, -0.25) is 4.79 Å². The van der Waals surface area contributed by atoms with Crippen molar-refractivity contribution < 1.29 is 4.79 Å². The van der Waals surface area contributed by atoms with E-state index in [1.165, 1.54) is 12.4 Å². The second-order valence-corrected chi connectivity index (χ2v) is 6.05. The molecule has 0 aliphatic heterocycles. The van der Waals surface area contributed by atoms with E-state index in [0.717, 1.165) is 5.56 Å². The van der Waals surface area contributed by atoms with E-state index in [1.54, 1.807) is 18.2 Å². The van der Waals surface area contributed by atoms with Crippen molar-refractivity contribution in [1.82, 2.24) is 9.97 Å². The number of hydrogen-bond donors (Lipinski definition) is 2. The summed E-state index contributed by atoms with van der Waals surface area (Å²) in [4.78, 5) is 20.6. The number of hydrogen-bond acceptors (Lipinski definition) is 4. The van der Waals surface area contributed by atoms with Gasteiger partial charge < -0.3 is 10.6 Å².